The highest BCUT2D eigenvalue weighted by atomic mass is 16.3. The number of phenols is 1. The lowest BCUT2D eigenvalue weighted by molar-refractivity contribution is 0.477. The van der Waals surface area contributed by atoms with Crippen LogP contribution in [-0.2, 0) is 0 Å². The summed E-state index contributed by atoms with van der Waals surface area (Å²) in [4.78, 5) is 9.26. The van der Waals surface area contributed by atoms with Crippen LogP contribution in [0.4, 0.5) is 0 Å². The van der Waals surface area contributed by atoms with Crippen molar-refractivity contribution in [3.63, 3.8) is 0 Å². The zero-order valence-electron chi connectivity index (χ0n) is 16.3. The molecule has 0 radical (unpaired) electrons. The summed E-state index contributed by atoms with van der Waals surface area (Å²) in [7, 11) is 0. The van der Waals surface area contributed by atoms with E-state index in [0.29, 0.717) is 22.7 Å². The van der Waals surface area contributed by atoms with Gasteiger partial charge in [0.1, 0.15) is 17.8 Å². The van der Waals surface area contributed by atoms with Crippen molar-refractivity contribution in [1.82, 2.24) is 19.6 Å². The highest BCUT2D eigenvalue weighted by Crippen LogP contribution is 2.41. The normalized spacial score (nSPS) is 11.4. The molecule has 0 aliphatic rings. The van der Waals surface area contributed by atoms with Gasteiger partial charge in [-0.05, 0) is 17.7 Å². The fourth-order valence-corrected chi connectivity index (χ4v) is 3.85. The summed E-state index contributed by atoms with van der Waals surface area (Å²) in [6.07, 6.45) is 1.58. The molecular weight excluding hydrogens is 388 g/mol. The van der Waals surface area contributed by atoms with Crippen molar-refractivity contribution in [2.75, 3.05) is 0 Å². The van der Waals surface area contributed by atoms with Crippen molar-refractivity contribution in [1.29, 1.82) is 0 Å². The van der Waals surface area contributed by atoms with Crippen LogP contribution >= 0.6 is 0 Å². The second-order valence-electron chi connectivity index (χ2n) is 7.18. The molecule has 6 rings (SSSR count). The number of furan rings is 1. The molecular formula is C25H16N4O2. The Morgan fingerprint density at radius 1 is 0.774 bits per heavy atom. The average Bonchev–Trinajstić information content (AvgIpc) is 3.42. The summed E-state index contributed by atoms with van der Waals surface area (Å²) in [5.41, 5.74) is 4.54. The molecule has 0 saturated heterocycles. The van der Waals surface area contributed by atoms with Crippen molar-refractivity contribution in [2.24, 2.45) is 0 Å². The Kier molecular flexibility index (Phi) is 3.83. The monoisotopic (exact) mass is 404 g/mol. The van der Waals surface area contributed by atoms with E-state index in [-0.39, 0.29) is 5.75 Å². The number of nitrogens with zero attached hydrogens (tertiary/aromatic N) is 4. The first kappa shape index (κ1) is 17.4. The van der Waals surface area contributed by atoms with E-state index in [1.165, 1.54) is 0 Å². The molecule has 0 atom stereocenters. The van der Waals surface area contributed by atoms with E-state index < -0.39 is 0 Å². The molecule has 3 aromatic carbocycles. The van der Waals surface area contributed by atoms with Crippen LogP contribution in [0.2, 0.25) is 0 Å². The van der Waals surface area contributed by atoms with Gasteiger partial charge in [0.15, 0.2) is 11.5 Å². The maximum absolute atomic E-state index is 10.3. The number of phenolic OH excluding ortho intramolecular Hbond substituents is 1. The van der Waals surface area contributed by atoms with Crippen LogP contribution < -0.4 is 0 Å². The van der Waals surface area contributed by atoms with Crippen molar-refractivity contribution in [2.45, 2.75) is 0 Å². The lowest BCUT2D eigenvalue weighted by atomic mass is 9.99. The average molecular weight is 404 g/mol. The number of fused-ring (bicyclic) bond motifs is 3. The number of hydrogen-bond acceptors (Lipinski definition) is 5. The zero-order valence-corrected chi connectivity index (χ0v) is 16.3. The Hall–Kier alpha value is -4.45. The maximum atomic E-state index is 10.3. The Morgan fingerprint density at radius 2 is 1.45 bits per heavy atom. The number of aromatic nitrogens is 4. The molecule has 3 heterocycles. The molecule has 0 spiro atoms. The van der Waals surface area contributed by atoms with Crippen LogP contribution in [0.1, 0.15) is 0 Å². The number of hydrogen-bond donors (Lipinski definition) is 1. The third-order valence-corrected chi connectivity index (χ3v) is 5.27. The molecule has 6 heteroatoms. The third kappa shape index (κ3) is 2.77. The van der Waals surface area contributed by atoms with Gasteiger partial charge >= 0.3 is 0 Å². The van der Waals surface area contributed by atoms with Gasteiger partial charge in [0.05, 0.1) is 10.9 Å². The lowest BCUT2D eigenvalue weighted by Crippen LogP contribution is -1.90. The summed E-state index contributed by atoms with van der Waals surface area (Å²) in [6.45, 7) is 0. The van der Waals surface area contributed by atoms with Crippen molar-refractivity contribution in [3.8, 4) is 39.6 Å². The predicted octanol–water partition coefficient (Wildman–Crippen LogP) is 5.58. The summed E-state index contributed by atoms with van der Waals surface area (Å²) in [6, 6.07) is 27.0. The van der Waals surface area contributed by atoms with Crippen molar-refractivity contribution < 1.29 is 9.52 Å². The molecule has 6 nitrogen and oxygen atoms in total. The van der Waals surface area contributed by atoms with Gasteiger partial charge in [-0.15, -0.1) is 5.10 Å². The van der Waals surface area contributed by atoms with Gasteiger partial charge < -0.3 is 9.52 Å². The Labute approximate surface area is 177 Å². The van der Waals surface area contributed by atoms with Crippen LogP contribution in [-0.4, -0.2) is 24.7 Å². The molecule has 0 fully saturated rings. The molecule has 3 aromatic heterocycles. The number of benzene rings is 3. The van der Waals surface area contributed by atoms with Gasteiger partial charge in [-0.1, -0.05) is 72.8 Å². The van der Waals surface area contributed by atoms with Gasteiger partial charge in [-0.3, -0.25) is 0 Å². The Balaban J connectivity index is 1.70. The summed E-state index contributed by atoms with van der Waals surface area (Å²) >= 11 is 0. The van der Waals surface area contributed by atoms with Crippen LogP contribution in [0.3, 0.4) is 0 Å². The molecule has 0 aliphatic heterocycles. The fraction of sp³-hybridized carbons (Fsp3) is 0. The summed E-state index contributed by atoms with van der Waals surface area (Å²) in [5, 5.41) is 15.6. The molecule has 0 saturated carbocycles. The zero-order chi connectivity index (χ0) is 20.8. The van der Waals surface area contributed by atoms with Gasteiger partial charge in [0.2, 0.25) is 5.71 Å². The van der Waals surface area contributed by atoms with Crippen molar-refractivity contribution in [3.05, 3.63) is 91.3 Å². The van der Waals surface area contributed by atoms with Crippen LogP contribution in [0, 0.1) is 0 Å². The number of rotatable bonds is 3. The standard InChI is InChI=1S/C25H16N4O2/c30-19-14-8-7-13-18(19)23-27-24-21-20(16-9-3-1-4-10-16)22(17-11-5-2-6-12-17)31-25(21)26-15-29(24)28-23/h1-15,30H. The lowest BCUT2D eigenvalue weighted by Gasteiger charge is -2.03. The van der Waals surface area contributed by atoms with E-state index in [0.717, 1.165) is 27.8 Å². The predicted molar refractivity (Wildman–Crippen MR) is 119 cm³/mol. The van der Waals surface area contributed by atoms with E-state index in [9.17, 15) is 5.11 Å². The minimum Gasteiger partial charge on any atom is -0.507 e. The number of aromatic hydroxyl groups is 1. The Morgan fingerprint density at radius 3 is 2.19 bits per heavy atom. The SMILES string of the molecule is Oc1ccccc1-c1nc2c3c(-c4ccccc4)c(-c4ccccc4)oc3ncn2n1. The van der Waals surface area contributed by atoms with E-state index >= 15 is 0 Å². The third-order valence-electron chi connectivity index (χ3n) is 5.27. The molecule has 0 amide bonds. The first-order chi connectivity index (χ1) is 15.3. The van der Waals surface area contributed by atoms with Gasteiger partial charge in [0, 0.05) is 11.1 Å². The summed E-state index contributed by atoms with van der Waals surface area (Å²) in [5.74, 6) is 1.28. The van der Waals surface area contributed by atoms with E-state index in [2.05, 4.69) is 10.1 Å². The smallest absolute Gasteiger partial charge is 0.232 e. The van der Waals surface area contributed by atoms with Gasteiger partial charge in [-0.2, -0.15) is 0 Å². The van der Waals surface area contributed by atoms with Crippen LogP contribution in [0.25, 0.3) is 50.6 Å². The molecule has 148 valence electrons. The minimum atomic E-state index is 0.128. The molecule has 0 aliphatic carbocycles. The quantitative estimate of drug-likeness (QED) is 0.417. The van der Waals surface area contributed by atoms with E-state index in [1.807, 2.05) is 66.7 Å². The van der Waals surface area contributed by atoms with Crippen molar-refractivity contribution >= 4 is 16.7 Å². The molecule has 0 bridgehead atoms. The van der Waals surface area contributed by atoms with Crippen LogP contribution in [0.5, 0.6) is 5.75 Å². The van der Waals surface area contributed by atoms with Gasteiger partial charge in [0.25, 0.3) is 0 Å². The largest absolute Gasteiger partial charge is 0.507 e. The summed E-state index contributed by atoms with van der Waals surface area (Å²) < 4.78 is 7.87. The first-order valence-electron chi connectivity index (χ1n) is 9.87. The molecule has 6 aromatic rings. The molecule has 31 heavy (non-hydrogen) atoms. The van der Waals surface area contributed by atoms with E-state index in [1.54, 1.807) is 29.0 Å². The van der Waals surface area contributed by atoms with Crippen LogP contribution in [0.15, 0.2) is 95.7 Å². The first-order valence-corrected chi connectivity index (χ1v) is 9.87. The second kappa shape index (κ2) is 6.81. The maximum Gasteiger partial charge on any atom is 0.232 e. The number of para-hydroxylation sites is 1. The second-order valence-corrected chi connectivity index (χ2v) is 7.18. The fourth-order valence-electron chi connectivity index (χ4n) is 3.85. The highest BCUT2D eigenvalue weighted by molar-refractivity contribution is 6.07. The Bertz CT molecular complexity index is 1540. The molecule has 1 N–H and O–H groups in total. The minimum absolute atomic E-state index is 0.128. The topological polar surface area (TPSA) is 76.5 Å². The molecule has 0 unspecified atom stereocenters. The van der Waals surface area contributed by atoms with Gasteiger partial charge in [-0.25, -0.2) is 14.5 Å². The van der Waals surface area contributed by atoms with E-state index in [4.69, 9.17) is 9.40 Å². The highest BCUT2D eigenvalue weighted by Gasteiger charge is 2.23.